The molecule has 1 aromatic heterocycles. The summed E-state index contributed by atoms with van der Waals surface area (Å²) in [6.07, 6.45) is 5.07. The van der Waals surface area contributed by atoms with Gasteiger partial charge in [-0.15, -0.1) is 0 Å². The first-order chi connectivity index (χ1) is 10.1. The van der Waals surface area contributed by atoms with Gasteiger partial charge in [-0.1, -0.05) is 6.07 Å². The molecule has 0 bridgehead atoms. The van der Waals surface area contributed by atoms with Crippen molar-refractivity contribution < 1.29 is 0 Å². The van der Waals surface area contributed by atoms with E-state index in [9.17, 15) is 0 Å². The van der Waals surface area contributed by atoms with E-state index in [1.54, 1.807) is 0 Å². The Morgan fingerprint density at radius 2 is 2.24 bits per heavy atom. The average molecular weight is 284 g/mol. The average Bonchev–Trinajstić information content (AvgIpc) is 3.12. The van der Waals surface area contributed by atoms with E-state index in [4.69, 9.17) is 0 Å². The zero-order valence-corrected chi connectivity index (χ0v) is 13.2. The van der Waals surface area contributed by atoms with Crippen LogP contribution in [0, 0.1) is 6.92 Å². The van der Waals surface area contributed by atoms with E-state index < -0.39 is 0 Å². The van der Waals surface area contributed by atoms with Gasteiger partial charge in [-0.3, -0.25) is 4.90 Å². The maximum atomic E-state index is 4.29. The summed E-state index contributed by atoms with van der Waals surface area (Å²) in [5.74, 6) is 0. The monoisotopic (exact) mass is 284 g/mol. The van der Waals surface area contributed by atoms with Crippen LogP contribution in [0.4, 0.5) is 0 Å². The number of benzene rings is 1. The van der Waals surface area contributed by atoms with Crippen molar-refractivity contribution >= 4 is 0 Å². The highest BCUT2D eigenvalue weighted by molar-refractivity contribution is 5.39. The molecule has 2 aromatic rings. The smallest absolute Gasteiger partial charge is 0.0648 e. The Bertz CT molecular complexity index is 591. The molecule has 4 heteroatoms. The van der Waals surface area contributed by atoms with Gasteiger partial charge in [-0.25, -0.2) is 4.68 Å². The van der Waals surface area contributed by atoms with Crippen molar-refractivity contribution in [2.45, 2.75) is 25.9 Å². The zero-order valence-electron chi connectivity index (χ0n) is 13.2. The highest BCUT2D eigenvalue weighted by atomic mass is 15.3. The molecule has 1 saturated heterocycles. The van der Waals surface area contributed by atoms with E-state index in [2.05, 4.69) is 54.1 Å². The van der Waals surface area contributed by atoms with Crippen molar-refractivity contribution in [1.82, 2.24) is 19.6 Å². The SMILES string of the molecule is Cc1cc(-n2cccn2)ccc1CN(C)C1CCN(C)C1. The third-order valence-corrected chi connectivity index (χ3v) is 4.50. The molecule has 2 heterocycles. The van der Waals surface area contributed by atoms with E-state index in [1.807, 2.05) is 23.1 Å². The number of likely N-dealkylation sites (tertiary alicyclic amines) is 1. The third-order valence-electron chi connectivity index (χ3n) is 4.50. The van der Waals surface area contributed by atoms with Gasteiger partial charge in [0.1, 0.15) is 0 Å². The number of hydrogen-bond donors (Lipinski definition) is 0. The number of likely N-dealkylation sites (N-methyl/N-ethyl adjacent to an activating group) is 2. The van der Waals surface area contributed by atoms with Gasteiger partial charge in [0, 0.05) is 31.5 Å². The second-order valence-corrected chi connectivity index (χ2v) is 6.18. The predicted molar refractivity (Wildman–Crippen MR) is 85.7 cm³/mol. The standard InChI is InChI=1S/C17H24N4/c1-14-11-16(21-9-4-8-18-21)6-5-15(14)12-20(3)17-7-10-19(2)13-17/h4-6,8-9,11,17H,7,10,12-13H2,1-3H3. The summed E-state index contributed by atoms with van der Waals surface area (Å²) in [5, 5.41) is 4.29. The van der Waals surface area contributed by atoms with Crippen molar-refractivity contribution in [1.29, 1.82) is 0 Å². The van der Waals surface area contributed by atoms with Gasteiger partial charge in [0.15, 0.2) is 0 Å². The largest absolute Gasteiger partial charge is 0.305 e. The molecule has 0 saturated carbocycles. The Morgan fingerprint density at radius 3 is 2.86 bits per heavy atom. The Labute approximate surface area is 127 Å². The Morgan fingerprint density at radius 1 is 1.38 bits per heavy atom. The lowest BCUT2D eigenvalue weighted by molar-refractivity contribution is 0.234. The molecule has 0 aliphatic carbocycles. The maximum absolute atomic E-state index is 4.29. The van der Waals surface area contributed by atoms with Crippen molar-refractivity contribution in [3.63, 3.8) is 0 Å². The van der Waals surface area contributed by atoms with Gasteiger partial charge in [-0.05, 0) is 63.3 Å². The number of nitrogens with zero attached hydrogens (tertiary/aromatic N) is 4. The summed E-state index contributed by atoms with van der Waals surface area (Å²) >= 11 is 0. The molecule has 1 fully saturated rings. The minimum absolute atomic E-state index is 0.681. The van der Waals surface area contributed by atoms with Crippen molar-refractivity contribution in [2.24, 2.45) is 0 Å². The summed E-state index contributed by atoms with van der Waals surface area (Å²) in [5.41, 5.74) is 3.87. The van der Waals surface area contributed by atoms with Crippen LogP contribution < -0.4 is 0 Å². The molecule has 1 aliphatic rings. The topological polar surface area (TPSA) is 24.3 Å². The summed E-state index contributed by atoms with van der Waals surface area (Å²) in [4.78, 5) is 4.90. The van der Waals surface area contributed by atoms with E-state index in [0.29, 0.717) is 6.04 Å². The summed E-state index contributed by atoms with van der Waals surface area (Å²) < 4.78 is 1.91. The van der Waals surface area contributed by atoms with E-state index in [0.717, 1.165) is 12.2 Å². The van der Waals surface area contributed by atoms with Gasteiger partial charge in [0.05, 0.1) is 5.69 Å². The fraction of sp³-hybridized carbons (Fsp3) is 0.471. The number of aromatic nitrogens is 2. The molecule has 4 nitrogen and oxygen atoms in total. The van der Waals surface area contributed by atoms with Crippen molar-refractivity contribution in [3.05, 3.63) is 47.8 Å². The maximum Gasteiger partial charge on any atom is 0.0648 e. The molecule has 0 N–H and O–H groups in total. The van der Waals surface area contributed by atoms with Crippen LogP contribution in [0.1, 0.15) is 17.5 Å². The first kappa shape index (κ1) is 14.3. The van der Waals surface area contributed by atoms with Crippen LogP contribution in [0.5, 0.6) is 0 Å². The molecular formula is C17H24N4. The quantitative estimate of drug-likeness (QED) is 0.861. The summed E-state index contributed by atoms with van der Waals surface area (Å²) in [6, 6.07) is 9.25. The summed E-state index contributed by atoms with van der Waals surface area (Å²) in [6.45, 7) is 5.60. The van der Waals surface area contributed by atoms with E-state index in [-0.39, 0.29) is 0 Å². The Kier molecular flexibility index (Phi) is 4.08. The molecule has 1 aliphatic heterocycles. The molecule has 0 amide bonds. The second-order valence-electron chi connectivity index (χ2n) is 6.18. The molecule has 1 aromatic carbocycles. The van der Waals surface area contributed by atoms with Crippen molar-refractivity contribution in [3.8, 4) is 5.69 Å². The van der Waals surface area contributed by atoms with E-state index in [1.165, 1.54) is 30.6 Å². The van der Waals surface area contributed by atoms with Crippen LogP contribution >= 0.6 is 0 Å². The fourth-order valence-electron chi connectivity index (χ4n) is 3.09. The number of rotatable bonds is 4. The van der Waals surface area contributed by atoms with Gasteiger partial charge in [0.25, 0.3) is 0 Å². The minimum Gasteiger partial charge on any atom is -0.305 e. The second kappa shape index (κ2) is 6.00. The van der Waals surface area contributed by atoms with Crippen molar-refractivity contribution in [2.75, 3.05) is 27.2 Å². The lowest BCUT2D eigenvalue weighted by Crippen LogP contribution is -2.33. The Hall–Kier alpha value is -1.65. The van der Waals surface area contributed by atoms with Gasteiger partial charge < -0.3 is 4.90 Å². The fourth-order valence-corrected chi connectivity index (χ4v) is 3.09. The van der Waals surface area contributed by atoms with Crippen LogP contribution in [-0.4, -0.2) is 52.8 Å². The Balaban J connectivity index is 1.71. The van der Waals surface area contributed by atoms with Gasteiger partial charge in [0.2, 0.25) is 0 Å². The van der Waals surface area contributed by atoms with Crippen LogP contribution in [0.25, 0.3) is 5.69 Å². The molecular weight excluding hydrogens is 260 g/mol. The van der Waals surface area contributed by atoms with Crippen LogP contribution in [0.3, 0.4) is 0 Å². The molecule has 0 spiro atoms. The zero-order chi connectivity index (χ0) is 14.8. The lowest BCUT2D eigenvalue weighted by atomic mass is 10.1. The number of hydrogen-bond acceptors (Lipinski definition) is 3. The van der Waals surface area contributed by atoms with Crippen LogP contribution in [0.15, 0.2) is 36.7 Å². The minimum atomic E-state index is 0.681. The van der Waals surface area contributed by atoms with Gasteiger partial charge in [-0.2, -0.15) is 5.10 Å². The molecule has 1 atom stereocenters. The lowest BCUT2D eigenvalue weighted by Gasteiger charge is -2.25. The first-order valence-electron chi connectivity index (χ1n) is 7.62. The van der Waals surface area contributed by atoms with E-state index >= 15 is 0 Å². The third kappa shape index (κ3) is 3.17. The predicted octanol–water partition coefficient (Wildman–Crippen LogP) is 2.32. The highest BCUT2D eigenvalue weighted by Crippen LogP contribution is 2.19. The summed E-state index contributed by atoms with van der Waals surface area (Å²) in [7, 11) is 4.45. The highest BCUT2D eigenvalue weighted by Gasteiger charge is 2.23. The number of aryl methyl sites for hydroxylation is 1. The molecule has 3 rings (SSSR count). The van der Waals surface area contributed by atoms with Gasteiger partial charge >= 0.3 is 0 Å². The van der Waals surface area contributed by atoms with Crippen LogP contribution in [-0.2, 0) is 6.54 Å². The first-order valence-corrected chi connectivity index (χ1v) is 7.62. The molecule has 0 radical (unpaired) electrons. The molecule has 112 valence electrons. The normalized spacial score (nSPS) is 19.5. The molecule has 1 unspecified atom stereocenters. The molecule has 21 heavy (non-hydrogen) atoms. The van der Waals surface area contributed by atoms with Crippen LogP contribution in [0.2, 0.25) is 0 Å².